The van der Waals surface area contributed by atoms with E-state index in [1.54, 1.807) is 30.7 Å². The van der Waals surface area contributed by atoms with E-state index in [1.807, 2.05) is 0 Å². The van der Waals surface area contributed by atoms with Gasteiger partial charge in [-0.25, -0.2) is 32.5 Å². The molecule has 5 rings (SSSR count). The molecule has 0 aromatic carbocycles. The molecule has 1 saturated carbocycles. The van der Waals surface area contributed by atoms with Crippen LogP contribution in [0.4, 0.5) is 21.4 Å². The summed E-state index contributed by atoms with van der Waals surface area (Å²) in [5.41, 5.74) is 2.43. The fourth-order valence-electron chi connectivity index (χ4n) is 3.66. The highest BCUT2D eigenvalue weighted by molar-refractivity contribution is 7.93. The Bertz CT molecular complexity index is 1340. The smallest absolute Gasteiger partial charge is 0.243 e. The fraction of sp³-hybridized carbons (Fsp3) is 0.364. The molecule has 0 bridgehead atoms. The standard InChI is InChI=1S/C21H19F3N6OS.CH2F2/c1-11-5-17-19(30(11)32-24)21(27-12(2)26-17)31-10-13-6-16(23)18(25-8-13)20-28-14(7-22)9-29(20)15-3-4-15;2-1-3/h5-6,8-9,15H,3-4,7,10H2,1-2H3;1H2. The molecule has 0 aliphatic heterocycles. The molecule has 0 unspecified atom stereocenters. The van der Waals surface area contributed by atoms with Crippen LogP contribution in [0.2, 0.25) is 0 Å². The second-order valence-electron chi connectivity index (χ2n) is 7.85. The Labute approximate surface area is 201 Å². The van der Waals surface area contributed by atoms with E-state index >= 15 is 0 Å². The van der Waals surface area contributed by atoms with Crippen LogP contribution in [-0.4, -0.2) is 35.4 Å². The van der Waals surface area contributed by atoms with Crippen LogP contribution in [0, 0.1) is 19.7 Å². The maximum absolute atomic E-state index is 14.9. The van der Waals surface area contributed by atoms with Gasteiger partial charge in [0.2, 0.25) is 12.8 Å². The van der Waals surface area contributed by atoms with Crippen LogP contribution in [0.1, 0.15) is 41.7 Å². The Morgan fingerprint density at radius 1 is 1.11 bits per heavy atom. The van der Waals surface area contributed by atoms with Gasteiger partial charge in [-0.3, -0.25) is 3.97 Å². The lowest BCUT2D eigenvalue weighted by Gasteiger charge is -2.10. The van der Waals surface area contributed by atoms with E-state index in [1.165, 1.54) is 16.2 Å². The lowest BCUT2D eigenvalue weighted by Crippen LogP contribution is -2.05. The molecule has 4 aromatic heterocycles. The first-order chi connectivity index (χ1) is 16.9. The van der Waals surface area contributed by atoms with Gasteiger partial charge in [0.25, 0.3) is 0 Å². The van der Waals surface area contributed by atoms with Crippen molar-refractivity contribution in [3.63, 3.8) is 0 Å². The van der Waals surface area contributed by atoms with Gasteiger partial charge < -0.3 is 9.30 Å². The molecule has 0 N–H and O–H groups in total. The minimum atomic E-state index is -1.75. The third kappa shape index (κ3) is 5.24. The van der Waals surface area contributed by atoms with Gasteiger partial charge in [0.15, 0.2) is 24.0 Å². The normalized spacial score (nSPS) is 13.1. The molecule has 0 saturated heterocycles. The number of ether oxygens (including phenoxy) is 1. The monoisotopic (exact) mass is 512 g/mol. The zero-order valence-corrected chi connectivity index (χ0v) is 19.6. The number of halogens is 5. The topological polar surface area (TPSA) is 70.7 Å². The minimum absolute atomic E-state index is 0.0241. The molecule has 1 aliphatic rings. The van der Waals surface area contributed by atoms with Gasteiger partial charge in [-0.2, -0.15) is 4.98 Å². The third-order valence-corrected chi connectivity index (χ3v) is 5.88. The van der Waals surface area contributed by atoms with Crippen molar-refractivity contribution in [2.75, 3.05) is 6.93 Å². The summed E-state index contributed by atoms with van der Waals surface area (Å²) in [5, 5.41) is 0. The van der Waals surface area contributed by atoms with E-state index in [4.69, 9.17) is 4.74 Å². The molecule has 35 heavy (non-hydrogen) atoms. The van der Waals surface area contributed by atoms with Crippen LogP contribution in [0.3, 0.4) is 0 Å². The summed E-state index contributed by atoms with van der Waals surface area (Å²) >= 11 is 0.0361. The van der Waals surface area contributed by atoms with Crippen molar-refractivity contribution in [2.45, 2.75) is 46.0 Å². The van der Waals surface area contributed by atoms with Crippen molar-refractivity contribution < 1.29 is 26.2 Å². The number of aromatic nitrogens is 6. The quantitative estimate of drug-likeness (QED) is 0.279. The number of alkyl halides is 3. The van der Waals surface area contributed by atoms with Gasteiger partial charge in [0.05, 0.1) is 11.2 Å². The van der Waals surface area contributed by atoms with Crippen LogP contribution < -0.4 is 4.74 Å². The Morgan fingerprint density at radius 2 is 1.86 bits per heavy atom. The minimum Gasteiger partial charge on any atom is -0.471 e. The predicted molar refractivity (Wildman–Crippen MR) is 121 cm³/mol. The highest BCUT2D eigenvalue weighted by Crippen LogP contribution is 2.39. The van der Waals surface area contributed by atoms with Crippen molar-refractivity contribution in [1.29, 1.82) is 0 Å². The molecule has 0 radical (unpaired) electrons. The first kappa shape index (κ1) is 24.9. The van der Waals surface area contributed by atoms with Gasteiger partial charge in [0, 0.05) is 29.7 Å². The number of aryl methyl sites for hydroxylation is 2. The summed E-state index contributed by atoms with van der Waals surface area (Å²) in [6.45, 7) is 0.978. The average Bonchev–Trinajstić information content (AvgIpc) is 3.50. The maximum Gasteiger partial charge on any atom is 0.243 e. The number of rotatable bonds is 7. The molecule has 4 heterocycles. The Kier molecular flexibility index (Phi) is 7.53. The number of nitrogens with zero attached hydrogens (tertiary/aromatic N) is 6. The second-order valence-corrected chi connectivity index (χ2v) is 8.35. The van der Waals surface area contributed by atoms with E-state index in [2.05, 4.69) is 19.9 Å². The molecule has 1 aliphatic carbocycles. The zero-order chi connectivity index (χ0) is 25.1. The van der Waals surface area contributed by atoms with Crippen molar-refractivity contribution >= 4 is 23.4 Å². The molecule has 13 heteroatoms. The highest BCUT2D eigenvalue weighted by Gasteiger charge is 2.28. The van der Waals surface area contributed by atoms with E-state index < -0.39 is 19.4 Å². The number of fused-ring (bicyclic) bond motifs is 1. The number of imidazole rings is 1. The Balaban J connectivity index is 0.000000917. The number of hydrogen-bond donors (Lipinski definition) is 0. The van der Waals surface area contributed by atoms with Crippen LogP contribution in [0.25, 0.3) is 22.6 Å². The first-order valence-corrected chi connectivity index (χ1v) is 11.3. The van der Waals surface area contributed by atoms with Gasteiger partial charge in [-0.05, 0) is 38.8 Å². The van der Waals surface area contributed by atoms with E-state index in [-0.39, 0.29) is 42.3 Å². The lowest BCUT2D eigenvalue weighted by molar-refractivity contribution is 0.295. The molecule has 0 spiro atoms. The summed E-state index contributed by atoms with van der Waals surface area (Å²) < 4.78 is 69.7. The third-order valence-electron chi connectivity index (χ3n) is 5.27. The zero-order valence-electron chi connectivity index (χ0n) is 18.8. The van der Waals surface area contributed by atoms with E-state index in [9.17, 15) is 21.4 Å². The van der Waals surface area contributed by atoms with Crippen LogP contribution in [0.5, 0.6) is 5.88 Å². The van der Waals surface area contributed by atoms with Crippen LogP contribution >= 0.6 is 12.3 Å². The van der Waals surface area contributed by atoms with Crippen molar-refractivity contribution in [3.05, 3.63) is 53.1 Å². The second kappa shape index (κ2) is 10.6. The molecule has 0 amide bonds. The number of hydrogen-bond acceptors (Lipinski definition) is 6. The molecule has 4 aromatic rings. The largest absolute Gasteiger partial charge is 0.471 e. The van der Waals surface area contributed by atoms with Gasteiger partial charge in [0.1, 0.15) is 30.3 Å². The fourth-order valence-corrected chi connectivity index (χ4v) is 4.07. The van der Waals surface area contributed by atoms with Crippen LogP contribution in [0.15, 0.2) is 24.5 Å². The summed E-state index contributed by atoms with van der Waals surface area (Å²) in [5.74, 6) is 0.425. The Morgan fingerprint density at radius 3 is 2.49 bits per heavy atom. The highest BCUT2D eigenvalue weighted by atomic mass is 32.2. The predicted octanol–water partition coefficient (Wildman–Crippen LogP) is 6.09. The summed E-state index contributed by atoms with van der Waals surface area (Å²) in [6, 6.07) is 3.26. The average molecular weight is 513 g/mol. The summed E-state index contributed by atoms with van der Waals surface area (Å²) in [7, 11) is 0. The lowest BCUT2D eigenvalue weighted by atomic mass is 10.2. The Hall–Kier alpha value is -3.22. The van der Waals surface area contributed by atoms with Gasteiger partial charge >= 0.3 is 0 Å². The SMILES string of the molecule is Cc1nc(OCc2cnc(-c3nc(CF)cn3C3CC3)c(F)c2)c2c(cc(C)n2SF)n1.FCF. The molecule has 186 valence electrons. The number of pyridine rings is 1. The molecule has 7 nitrogen and oxygen atoms in total. The van der Waals surface area contributed by atoms with E-state index in [0.29, 0.717) is 33.9 Å². The molecular formula is C22H21F5N6OS. The van der Waals surface area contributed by atoms with Gasteiger partial charge in [-0.15, -0.1) is 3.89 Å². The van der Waals surface area contributed by atoms with Crippen LogP contribution in [-0.2, 0) is 13.3 Å². The van der Waals surface area contributed by atoms with Crippen molar-refractivity contribution in [1.82, 2.24) is 28.5 Å². The van der Waals surface area contributed by atoms with Crippen molar-refractivity contribution in [2.24, 2.45) is 0 Å². The first-order valence-electron chi connectivity index (χ1n) is 10.6. The molecule has 1 fully saturated rings. The maximum atomic E-state index is 14.9. The summed E-state index contributed by atoms with van der Waals surface area (Å²) in [6.07, 6.45) is 5.01. The summed E-state index contributed by atoms with van der Waals surface area (Å²) in [4.78, 5) is 17.0. The van der Waals surface area contributed by atoms with Crippen molar-refractivity contribution in [3.8, 4) is 17.4 Å². The molecular weight excluding hydrogens is 491 g/mol. The van der Waals surface area contributed by atoms with Gasteiger partial charge in [-0.1, -0.05) is 0 Å². The van der Waals surface area contributed by atoms with E-state index in [0.717, 1.165) is 12.8 Å². The molecule has 0 atom stereocenters.